The lowest BCUT2D eigenvalue weighted by Gasteiger charge is -2.01. The standard InChI is InChI=1S/C25H19ClN2O/c1-18-7-9-19(10-8-18)24(29)16-13-21-17-28(23-5-3-2-4-6-23)27-25(21)20-11-14-22(26)15-12-20/h2-17H,1H3. The highest BCUT2D eigenvalue weighted by atomic mass is 35.5. The third kappa shape index (κ3) is 4.36. The van der Waals surface area contributed by atoms with Crippen LogP contribution in [0.3, 0.4) is 0 Å². The highest BCUT2D eigenvalue weighted by Crippen LogP contribution is 2.26. The molecule has 0 saturated heterocycles. The first-order valence-electron chi connectivity index (χ1n) is 9.30. The number of carbonyl (C=O) groups excluding carboxylic acids is 1. The molecule has 142 valence electrons. The lowest BCUT2D eigenvalue weighted by molar-refractivity contribution is 0.104. The zero-order valence-corrected chi connectivity index (χ0v) is 16.7. The van der Waals surface area contributed by atoms with E-state index in [-0.39, 0.29) is 5.78 Å². The van der Waals surface area contributed by atoms with Crippen molar-refractivity contribution >= 4 is 23.5 Å². The fraction of sp³-hybridized carbons (Fsp3) is 0.0400. The van der Waals surface area contributed by atoms with Crippen LogP contribution < -0.4 is 0 Å². The van der Waals surface area contributed by atoms with Crippen LogP contribution in [0.15, 0.2) is 91.1 Å². The smallest absolute Gasteiger partial charge is 0.185 e. The largest absolute Gasteiger partial charge is 0.289 e. The number of hydrogen-bond donors (Lipinski definition) is 0. The summed E-state index contributed by atoms with van der Waals surface area (Å²) >= 11 is 6.04. The van der Waals surface area contributed by atoms with Gasteiger partial charge in [-0.1, -0.05) is 71.8 Å². The van der Waals surface area contributed by atoms with Crippen molar-refractivity contribution < 1.29 is 4.79 Å². The Kier molecular flexibility index (Phi) is 5.41. The Labute approximate surface area is 174 Å². The summed E-state index contributed by atoms with van der Waals surface area (Å²) in [7, 11) is 0. The van der Waals surface area contributed by atoms with Crippen molar-refractivity contribution in [3.05, 3.63) is 113 Å². The van der Waals surface area contributed by atoms with E-state index in [0.29, 0.717) is 10.6 Å². The monoisotopic (exact) mass is 398 g/mol. The molecule has 0 aliphatic heterocycles. The Morgan fingerprint density at radius 1 is 0.931 bits per heavy atom. The summed E-state index contributed by atoms with van der Waals surface area (Å²) in [5, 5.41) is 5.42. The van der Waals surface area contributed by atoms with E-state index in [1.165, 1.54) is 0 Å². The maximum absolute atomic E-state index is 12.6. The molecular formula is C25H19ClN2O. The minimum absolute atomic E-state index is 0.0421. The van der Waals surface area contributed by atoms with Crippen LogP contribution >= 0.6 is 11.6 Å². The molecule has 0 aliphatic rings. The normalized spacial score (nSPS) is 11.1. The van der Waals surface area contributed by atoms with Crippen LogP contribution in [0.2, 0.25) is 5.02 Å². The number of allylic oxidation sites excluding steroid dienone is 1. The molecule has 0 bridgehead atoms. The van der Waals surface area contributed by atoms with Crippen molar-refractivity contribution in [2.45, 2.75) is 6.92 Å². The summed E-state index contributed by atoms with van der Waals surface area (Å²) in [5.41, 5.74) is 5.32. The molecule has 0 unspecified atom stereocenters. The third-order valence-electron chi connectivity index (χ3n) is 4.63. The molecular weight excluding hydrogens is 380 g/mol. The first-order chi connectivity index (χ1) is 14.1. The minimum Gasteiger partial charge on any atom is -0.289 e. The number of benzene rings is 3. The lowest BCUT2D eigenvalue weighted by atomic mass is 10.1. The first kappa shape index (κ1) is 18.9. The summed E-state index contributed by atoms with van der Waals surface area (Å²) < 4.78 is 1.82. The van der Waals surface area contributed by atoms with Crippen LogP contribution in [0.4, 0.5) is 0 Å². The number of hydrogen-bond acceptors (Lipinski definition) is 2. The van der Waals surface area contributed by atoms with Gasteiger partial charge in [-0.3, -0.25) is 4.79 Å². The summed E-state index contributed by atoms with van der Waals surface area (Å²) in [6.07, 6.45) is 5.34. The van der Waals surface area contributed by atoms with E-state index in [1.807, 2.05) is 103 Å². The Morgan fingerprint density at radius 3 is 2.31 bits per heavy atom. The first-order valence-corrected chi connectivity index (χ1v) is 9.68. The van der Waals surface area contributed by atoms with E-state index in [9.17, 15) is 4.79 Å². The van der Waals surface area contributed by atoms with Gasteiger partial charge in [-0.05, 0) is 43.3 Å². The van der Waals surface area contributed by atoms with Crippen LogP contribution in [0.5, 0.6) is 0 Å². The van der Waals surface area contributed by atoms with E-state index in [1.54, 1.807) is 6.08 Å². The van der Waals surface area contributed by atoms with Gasteiger partial charge in [0.2, 0.25) is 0 Å². The van der Waals surface area contributed by atoms with E-state index in [4.69, 9.17) is 16.7 Å². The number of carbonyl (C=O) groups is 1. The summed E-state index contributed by atoms with van der Waals surface area (Å²) in [5.74, 6) is -0.0421. The number of nitrogens with zero attached hydrogens (tertiary/aromatic N) is 2. The van der Waals surface area contributed by atoms with Crippen molar-refractivity contribution in [1.29, 1.82) is 0 Å². The van der Waals surface area contributed by atoms with E-state index >= 15 is 0 Å². The highest BCUT2D eigenvalue weighted by Gasteiger charge is 2.11. The molecule has 29 heavy (non-hydrogen) atoms. The number of aryl methyl sites for hydroxylation is 1. The molecule has 3 aromatic carbocycles. The molecule has 0 amide bonds. The number of halogens is 1. The number of ketones is 1. The van der Waals surface area contributed by atoms with E-state index < -0.39 is 0 Å². The molecule has 0 saturated carbocycles. The SMILES string of the molecule is Cc1ccc(C(=O)C=Cc2cn(-c3ccccc3)nc2-c2ccc(Cl)cc2)cc1. The molecule has 4 heteroatoms. The average Bonchev–Trinajstić information content (AvgIpc) is 3.18. The van der Waals surface area contributed by atoms with Crippen molar-refractivity contribution in [3.8, 4) is 16.9 Å². The molecule has 1 heterocycles. The average molecular weight is 399 g/mol. The maximum Gasteiger partial charge on any atom is 0.185 e. The van der Waals surface area contributed by atoms with Gasteiger partial charge in [0.15, 0.2) is 5.78 Å². The van der Waals surface area contributed by atoms with Gasteiger partial charge < -0.3 is 0 Å². The van der Waals surface area contributed by atoms with Crippen molar-refractivity contribution in [1.82, 2.24) is 9.78 Å². The zero-order valence-electron chi connectivity index (χ0n) is 15.9. The van der Waals surface area contributed by atoms with E-state index in [2.05, 4.69) is 0 Å². The molecule has 0 aliphatic carbocycles. The molecule has 4 rings (SSSR count). The fourth-order valence-corrected chi connectivity index (χ4v) is 3.16. The quantitative estimate of drug-likeness (QED) is 0.288. The predicted octanol–water partition coefficient (Wildman–Crippen LogP) is 6.40. The van der Waals surface area contributed by atoms with Crippen molar-refractivity contribution in [3.63, 3.8) is 0 Å². The summed E-state index contributed by atoms with van der Waals surface area (Å²) in [6, 6.07) is 25.0. The minimum atomic E-state index is -0.0421. The third-order valence-corrected chi connectivity index (χ3v) is 4.88. The Bertz CT molecular complexity index is 1160. The molecule has 0 fully saturated rings. The van der Waals surface area contributed by atoms with Gasteiger partial charge in [-0.25, -0.2) is 4.68 Å². The Balaban J connectivity index is 1.72. The number of para-hydroxylation sites is 1. The number of rotatable bonds is 5. The van der Waals surface area contributed by atoms with Crippen LogP contribution in [-0.2, 0) is 0 Å². The molecule has 4 aromatic rings. The Hall–Kier alpha value is -3.43. The van der Waals surface area contributed by atoms with Crippen LogP contribution in [0.25, 0.3) is 23.0 Å². The second-order valence-electron chi connectivity index (χ2n) is 6.78. The van der Waals surface area contributed by atoms with Gasteiger partial charge >= 0.3 is 0 Å². The molecule has 0 spiro atoms. The van der Waals surface area contributed by atoms with Gasteiger partial charge in [-0.15, -0.1) is 0 Å². The molecule has 0 N–H and O–H groups in total. The molecule has 1 aromatic heterocycles. The molecule has 3 nitrogen and oxygen atoms in total. The lowest BCUT2D eigenvalue weighted by Crippen LogP contribution is -1.93. The topological polar surface area (TPSA) is 34.9 Å². The van der Waals surface area contributed by atoms with Gasteiger partial charge in [0.05, 0.1) is 11.4 Å². The van der Waals surface area contributed by atoms with Crippen LogP contribution in [-0.4, -0.2) is 15.6 Å². The Morgan fingerprint density at radius 2 is 1.62 bits per heavy atom. The van der Waals surface area contributed by atoms with Gasteiger partial charge in [-0.2, -0.15) is 5.10 Å². The second kappa shape index (κ2) is 8.29. The van der Waals surface area contributed by atoms with Gasteiger partial charge in [0.25, 0.3) is 0 Å². The highest BCUT2D eigenvalue weighted by molar-refractivity contribution is 6.30. The fourth-order valence-electron chi connectivity index (χ4n) is 3.03. The van der Waals surface area contributed by atoms with Crippen LogP contribution in [0.1, 0.15) is 21.5 Å². The molecule has 0 radical (unpaired) electrons. The predicted molar refractivity (Wildman–Crippen MR) is 119 cm³/mol. The maximum atomic E-state index is 12.6. The van der Waals surface area contributed by atoms with Crippen molar-refractivity contribution in [2.75, 3.05) is 0 Å². The van der Waals surface area contributed by atoms with Gasteiger partial charge in [0, 0.05) is 27.9 Å². The zero-order chi connectivity index (χ0) is 20.2. The second-order valence-corrected chi connectivity index (χ2v) is 7.22. The van der Waals surface area contributed by atoms with Crippen molar-refractivity contribution in [2.24, 2.45) is 0 Å². The number of aromatic nitrogens is 2. The summed E-state index contributed by atoms with van der Waals surface area (Å²) in [6.45, 7) is 2.00. The van der Waals surface area contributed by atoms with Gasteiger partial charge in [0.1, 0.15) is 0 Å². The summed E-state index contributed by atoms with van der Waals surface area (Å²) in [4.78, 5) is 12.6. The molecule has 0 atom stereocenters. The van der Waals surface area contributed by atoms with E-state index in [0.717, 1.165) is 28.1 Å². The van der Waals surface area contributed by atoms with Crippen LogP contribution in [0, 0.1) is 6.92 Å².